The second-order valence-electron chi connectivity index (χ2n) is 4.40. The molecule has 2 aromatic heterocycles. The predicted octanol–water partition coefficient (Wildman–Crippen LogP) is 0.344. The highest BCUT2D eigenvalue weighted by atomic mass is 15.5. The third-order valence-corrected chi connectivity index (χ3v) is 2.73. The number of fused-ring (bicyclic) bond motifs is 1. The number of nitrogens with one attached hydrogen (secondary N) is 1. The van der Waals surface area contributed by atoms with E-state index in [0.29, 0.717) is 11.7 Å². The first-order valence-corrected chi connectivity index (χ1v) is 6.22. The molecule has 18 heavy (non-hydrogen) atoms. The van der Waals surface area contributed by atoms with Gasteiger partial charge in [-0.1, -0.05) is 13.8 Å². The first-order chi connectivity index (χ1) is 8.72. The molecule has 2 rings (SSSR count). The van der Waals surface area contributed by atoms with E-state index >= 15 is 0 Å². The zero-order chi connectivity index (χ0) is 13.0. The molecule has 2 aromatic rings. The fourth-order valence-electron chi connectivity index (χ4n) is 1.80. The molecule has 0 unspecified atom stereocenters. The second-order valence-corrected chi connectivity index (χ2v) is 4.40. The first kappa shape index (κ1) is 12.7. The van der Waals surface area contributed by atoms with Crippen LogP contribution in [0.1, 0.15) is 20.8 Å². The van der Waals surface area contributed by atoms with Crippen LogP contribution in [-0.4, -0.2) is 50.7 Å². The van der Waals surface area contributed by atoms with E-state index in [0.717, 1.165) is 25.5 Å². The van der Waals surface area contributed by atoms with Crippen LogP contribution in [0.3, 0.4) is 0 Å². The van der Waals surface area contributed by atoms with Gasteiger partial charge in [0.25, 0.3) is 0 Å². The Morgan fingerprint density at radius 3 is 2.94 bits per heavy atom. The molecule has 7 heteroatoms. The number of aromatic nitrogens is 5. The highest BCUT2D eigenvalue weighted by molar-refractivity contribution is 5.45. The molecular weight excluding hydrogens is 230 g/mol. The van der Waals surface area contributed by atoms with Crippen molar-refractivity contribution in [3.05, 3.63) is 12.4 Å². The lowest BCUT2D eigenvalue weighted by molar-refractivity contribution is 0.580. The summed E-state index contributed by atoms with van der Waals surface area (Å²) in [6.07, 6.45) is 3.45. The van der Waals surface area contributed by atoms with Gasteiger partial charge in [-0.3, -0.25) is 4.98 Å². The van der Waals surface area contributed by atoms with Crippen molar-refractivity contribution in [3.63, 3.8) is 0 Å². The monoisotopic (exact) mass is 249 g/mol. The molecule has 7 nitrogen and oxygen atoms in total. The van der Waals surface area contributed by atoms with Crippen molar-refractivity contribution >= 4 is 11.5 Å². The van der Waals surface area contributed by atoms with E-state index in [1.54, 1.807) is 16.9 Å². The lowest BCUT2D eigenvalue weighted by Gasteiger charge is -2.23. The Kier molecular flexibility index (Phi) is 4.03. The van der Waals surface area contributed by atoms with Gasteiger partial charge in [-0.25, -0.2) is 0 Å². The summed E-state index contributed by atoms with van der Waals surface area (Å²) in [5.41, 5.74) is 0.669. The molecule has 0 spiro atoms. The topological polar surface area (TPSA) is 71.2 Å². The van der Waals surface area contributed by atoms with Crippen LogP contribution in [-0.2, 0) is 0 Å². The predicted molar refractivity (Wildman–Crippen MR) is 69.6 cm³/mol. The third kappa shape index (κ3) is 2.73. The minimum atomic E-state index is 0.491. The van der Waals surface area contributed by atoms with Crippen molar-refractivity contribution in [2.24, 2.45) is 0 Å². The minimum Gasteiger partial charge on any atom is -0.354 e. The van der Waals surface area contributed by atoms with Gasteiger partial charge in [0.2, 0.25) is 0 Å². The van der Waals surface area contributed by atoms with Gasteiger partial charge in [0.15, 0.2) is 11.5 Å². The molecule has 0 aromatic carbocycles. The summed E-state index contributed by atoms with van der Waals surface area (Å²) in [7, 11) is 0. The van der Waals surface area contributed by atoms with E-state index in [2.05, 4.69) is 51.5 Å². The van der Waals surface area contributed by atoms with Gasteiger partial charge in [-0.05, 0) is 17.4 Å². The average molecular weight is 249 g/mol. The Bertz CT molecular complexity index is 493. The molecule has 0 saturated carbocycles. The fraction of sp³-hybridized carbons (Fsp3) is 0.636. The quantitative estimate of drug-likeness (QED) is 0.796. The van der Waals surface area contributed by atoms with Crippen LogP contribution in [0, 0.1) is 0 Å². The Labute approximate surface area is 106 Å². The van der Waals surface area contributed by atoms with E-state index in [4.69, 9.17) is 0 Å². The number of tetrazole rings is 1. The lowest BCUT2D eigenvalue weighted by Crippen LogP contribution is -2.35. The minimum absolute atomic E-state index is 0.491. The summed E-state index contributed by atoms with van der Waals surface area (Å²) in [5, 5.41) is 15.0. The van der Waals surface area contributed by atoms with Crippen LogP contribution in [0.25, 0.3) is 5.65 Å². The molecule has 0 atom stereocenters. The summed E-state index contributed by atoms with van der Waals surface area (Å²) in [6, 6.07) is 0.491. The van der Waals surface area contributed by atoms with Gasteiger partial charge in [0.05, 0.1) is 12.4 Å². The highest BCUT2D eigenvalue weighted by Gasteiger charge is 2.10. The van der Waals surface area contributed by atoms with Crippen molar-refractivity contribution in [1.82, 2.24) is 30.3 Å². The van der Waals surface area contributed by atoms with Crippen LogP contribution in [0.5, 0.6) is 0 Å². The van der Waals surface area contributed by atoms with E-state index in [1.165, 1.54) is 0 Å². The largest absolute Gasteiger partial charge is 0.354 e. The Balaban J connectivity index is 2.14. The summed E-state index contributed by atoms with van der Waals surface area (Å²) in [6.45, 7) is 9.10. The number of likely N-dealkylation sites (N-methyl/N-ethyl adjacent to an activating group) is 1. The number of anilines is 1. The Hall–Kier alpha value is -1.76. The molecule has 0 aliphatic heterocycles. The molecule has 1 N–H and O–H groups in total. The molecule has 98 valence electrons. The lowest BCUT2D eigenvalue weighted by atomic mass is 10.4. The number of rotatable bonds is 6. The van der Waals surface area contributed by atoms with Crippen molar-refractivity contribution < 1.29 is 0 Å². The second kappa shape index (κ2) is 5.72. The smallest absolute Gasteiger partial charge is 0.199 e. The van der Waals surface area contributed by atoms with Gasteiger partial charge in [0.1, 0.15) is 0 Å². The molecule has 0 fully saturated rings. The summed E-state index contributed by atoms with van der Waals surface area (Å²) in [4.78, 5) is 6.37. The maximum absolute atomic E-state index is 4.17. The first-order valence-electron chi connectivity index (χ1n) is 6.22. The SMILES string of the molecule is CCN(CCNC(C)C)c1cncc2nnnn12. The molecule has 2 heterocycles. The van der Waals surface area contributed by atoms with Crippen LogP contribution in [0.2, 0.25) is 0 Å². The number of nitrogens with zero attached hydrogens (tertiary/aromatic N) is 6. The van der Waals surface area contributed by atoms with E-state index in [9.17, 15) is 0 Å². The molecule has 0 bridgehead atoms. The maximum Gasteiger partial charge on any atom is 0.199 e. The molecule has 0 saturated heterocycles. The van der Waals surface area contributed by atoms with Crippen molar-refractivity contribution in [3.8, 4) is 0 Å². The zero-order valence-corrected chi connectivity index (χ0v) is 11.0. The van der Waals surface area contributed by atoms with Gasteiger partial charge in [-0.15, -0.1) is 5.10 Å². The van der Waals surface area contributed by atoms with Crippen LogP contribution < -0.4 is 10.2 Å². The van der Waals surface area contributed by atoms with Gasteiger partial charge in [-0.2, -0.15) is 4.52 Å². The van der Waals surface area contributed by atoms with Gasteiger partial charge in [0, 0.05) is 25.7 Å². The van der Waals surface area contributed by atoms with E-state index in [1.807, 2.05) is 0 Å². The van der Waals surface area contributed by atoms with Crippen molar-refractivity contribution in [2.75, 3.05) is 24.5 Å². The number of hydrogen-bond acceptors (Lipinski definition) is 6. The Morgan fingerprint density at radius 2 is 2.22 bits per heavy atom. The summed E-state index contributed by atoms with van der Waals surface area (Å²) >= 11 is 0. The fourth-order valence-corrected chi connectivity index (χ4v) is 1.80. The molecular formula is C11H19N7. The van der Waals surface area contributed by atoms with Gasteiger partial charge < -0.3 is 10.2 Å². The molecule has 0 amide bonds. The third-order valence-electron chi connectivity index (χ3n) is 2.73. The average Bonchev–Trinajstić information content (AvgIpc) is 2.82. The van der Waals surface area contributed by atoms with E-state index < -0.39 is 0 Å². The zero-order valence-electron chi connectivity index (χ0n) is 11.0. The van der Waals surface area contributed by atoms with Gasteiger partial charge >= 0.3 is 0 Å². The van der Waals surface area contributed by atoms with Crippen LogP contribution in [0.4, 0.5) is 5.82 Å². The standard InChI is InChI=1S/C11H19N7/c1-4-17(6-5-13-9(2)3)11-8-12-7-10-14-15-16-18(10)11/h7-9,13H,4-6H2,1-3H3. The molecule has 0 aliphatic carbocycles. The Morgan fingerprint density at radius 1 is 1.39 bits per heavy atom. The number of hydrogen-bond donors (Lipinski definition) is 1. The maximum atomic E-state index is 4.17. The summed E-state index contributed by atoms with van der Waals surface area (Å²) < 4.78 is 1.71. The van der Waals surface area contributed by atoms with E-state index in [-0.39, 0.29) is 0 Å². The molecule has 0 radical (unpaired) electrons. The molecule has 0 aliphatic rings. The van der Waals surface area contributed by atoms with Crippen molar-refractivity contribution in [1.29, 1.82) is 0 Å². The van der Waals surface area contributed by atoms with Crippen molar-refractivity contribution in [2.45, 2.75) is 26.8 Å². The normalized spacial score (nSPS) is 11.3. The van der Waals surface area contributed by atoms with Crippen LogP contribution >= 0.6 is 0 Å². The summed E-state index contributed by atoms with van der Waals surface area (Å²) in [5.74, 6) is 0.922. The highest BCUT2D eigenvalue weighted by Crippen LogP contribution is 2.11. The van der Waals surface area contributed by atoms with Crippen LogP contribution in [0.15, 0.2) is 12.4 Å².